The smallest absolute Gasteiger partial charge is 0.251 e. The Morgan fingerprint density at radius 3 is 2.66 bits per heavy atom. The molecule has 0 spiro atoms. The summed E-state index contributed by atoms with van der Waals surface area (Å²) in [6.45, 7) is 3.88. The van der Waals surface area contributed by atoms with Crippen molar-refractivity contribution in [1.82, 2.24) is 15.0 Å². The maximum Gasteiger partial charge on any atom is 0.251 e. The zero-order valence-corrected chi connectivity index (χ0v) is 17.5. The van der Waals surface area contributed by atoms with Crippen LogP contribution in [0.5, 0.6) is 5.75 Å². The molecule has 29 heavy (non-hydrogen) atoms. The lowest BCUT2D eigenvalue weighted by Gasteiger charge is -2.14. The summed E-state index contributed by atoms with van der Waals surface area (Å²) < 4.78 is 32.8. The van der Waals surface area contributed by atoms with E-state index in [0.717, 1.165) is 16.5 Å². The number of hydrogen-bond donors (Lipinski definition) is 3. The average Bonchev–Trinajstić information content (AvgIpc) is 3.09. The lowest BCUT2D eigenvalue weighted by Crippen LogP contribution is -2.31. The van der Waals surface area contributed by atoms with Gasteiger partial charge in [-0.05, 0) is 50.1 Å². The molecule has 0 radical (unpaired) electrons. The lowest BCUT2D eigenvalue weighted by atomic mass is 10.1. The van der Waals surface area contributed by atoms with Crippen molar-refractivity contribution >= 4 is 26.8 Å². The third-order valence-corrected chi connectivity index (χ3v) is 6.14. The van der Waals surface area contributed by atoms with E-state index in [2.05, 4.69) is 15.0 Å². The van der Waals surface area contributed by atoms with Gasteiger partial charge in [0.1, 0.15) is 10.6 Å². The van der Waals surface area contributed by atoms with Crippen LogP contribution in [0, 0.1) is 0 Å². The van der Waals surface area contributed by atoms with Crippen molar-refractivity contribution in [3.8, 4) is 5.75 Å². The third kappa shape index (κ3) is 4.78. The molecule has 3 N–H and O–H groups in total. The van der Waals surface area contributed by atoms with Crippen LogP contribution in [0.3, 0.4) is 0 Å². The van der Waals surface area contributed by atoms with Gasteiger partial charge in [-0.3, -0.25) is 4.79 Å². The quantitative estimate of drug-likeness (QED) is 0.527. The highest BCUT2D eigenvalue weighted by atomic mass is 32.2. The molecule has 154 valence electrons. The molecular formula is C21H25N3O4S. The van der Waals surface area contributed by atoms with Gasteiger partial charge in [0, 0.05) is 35.2 Å². The number of aromatic amines is 1. The van der Waals surface area contributed by atoms with E-state index in [-0.39, 0.29) is 28.2 Å². The van der Waals surface area contributed by atoms with Gasteiger partial charge >= 0.3 is 0 Å². The highest BCUT2D eigenvalue weighted by Gasteiger charge is 2.22. The molecule has 1 aromatic heterocycles. The minimum Gasteiger partial charge on any atom is -0.495 e. The van der Waals surface area contributed by atoms with Gasteiger partial charge < -0.3 is 15.0 Å². The van der Waals surface area contributed by atoms with Gasteiger partial charge in [0.2, 0.25) is 10.0 Å². The van der Waals surface area contributed by atoms with Crippen molar-refractivity contribution in [2.45, 2.75) is 31.2 Å². The van der Waals surface area contributed by atoms with Crippen LogP contribution in [0.15, 0.2) is 53.6 Å². The molecule has 0 atom stereocenters. The number of carbonyl (C=O) groups excluding carboxylic acids is 1. The summed E-state index contributed by atoms with van der Waals surface area (Å²) >= 11 is 0. The highest BCUT2D eigenvalue weighted by Crippen LogP contribution is 2.25. The number of hydrogen-bond acceptors (Lipinski definition) is 4. The zero-order chi connectivity index (χ0) is 21.0. The number of para-hydroxylation sites is 1. The van der Waals surface area contributed by atoms with Crippen LogP contribution < -0.4 is 14.8 Å². The minimum absolute atomic E-state index is 0.0574. The van der Waals surface area contributed by atoms with E-state index in [1.54, 1.807) is 19.9 Å². The first-order chi connectivity index (χ1) is 13.8. The molecule has 3 rings (SSSR count). The summed E-state index contributed by atoms with van der Waals surface area (Å²) in [4.78, 5) is 15.7. The van der Waals surface area contributed by atoms with Crippen molar-refractivity contribution in [3.63, 3.8) is 0 Å². The minimum atomic E-state index is -3.80. The largest absolute Gasteiger partial charge is 0.495 e. The maximum absolute atomic E-state index is 12.6. The molecule has 0 aliphatic rings. The van der Waals surface area contributed by atoms with E-state index >= 15 is 0 Å². The van der Waals surface area contributed by atoms with E-state index < -0.39 is 10.0 Å². The Labute approximate surface area is 170 Å². The molecule has 2 aromatic carbocycles. The van der Waals surface area contributed by atoms with Crippen LogP contribution in [0.4, 0.5) is 0 Å². The van der Waals surface area contributed by atoms with Crippen molar-refractivity contribution < 1.29 is 17.9 Å². The molecular weight excluding hydrogens is 390 g/mol. The van der Waals surface area contributed by atoms with Gasteiger partial charge in [0.25, 0.3) is 5.91 Å². The Kier molecular flexibility index (Phi) is 6.24. The van der Waals surface area contributed by atoms with Crippen LogP contribution in [-0.4, -0.2) is 39.0 Å². The van der Waals surface area contributed by atoms with Gasteiger partial charge in [-0.15, -0.1) is 0 Å². The zero-order valence-electron chi connectivity index (χ0n) is 16.7. The van der Waals surface area contributed by atoms with E-state index in [0.29, 0.717) is 13.0 Å². The van der Waals surface area contributed by atoms with Crippen molar-refractivity contribution in [2.24, 2.45) is 0 Å². The second kappa shape index (κ2) is 8.67. The Hall–Kier alpha value is -2.84. The Bertz CT molecular complexity index is 1120. The topological polar surface area (TPSA) is 100 Å². The molecule has 0 unspecified atom stereocenters. The van der Waals surface area contributed by atoms with Gasteiger partial charge in [-0.25, -0.2) is 13.1 Å². The normalized spacial score (nSPS) is 11.7. The molecule has 0 saturated carbocycles. The van der Waals surface area contributed by atoms with E-state index in [4.69, 9.17) is 4.74 Å². The number of ether oxygens (including phenoxy) is 1. The summed E-state index contributed by atoms with van der Waals surface area (Å²) in [6.07, 6.45) is 2.60. The molecule has 7 nitrogen and oxygen atoms in total. The van der Waals surface area contributed by atoms with Gasteiger partial charge in [0.05, 0.1) is 7.11 Å². The average molecular weight is 416 g/mol. The number of benzene rings is 2. The van der Waals surface area contributed by atoms with E-state index in [1.807, 2.05) is 30.5 Å². The van der Waals surface area contributed by atoms with Crippen molar-refractivity contribution in [3.05, 3.63) is 59.8 Å². The summed E-state index contributed by atoms with van der Waals surface area (Å²) in [5.41, 5.74) is 2.42. The molecule has 0 aliphatic carbocycles. The number of fused-ring (bicyclic) bond motifs is 1. The first kappa shape index (κ1) is 20.9. The first-order valence-corrected chi connectivity index (χ1v) is 10.8. The fourth-order valence-electron chi connectivity index (χ4n) is 3.15. The molecule has 8 heteroatoms. The fraction of sp³-hybridized carbons (Fsp3) is 0.286. The third-order valence-electron chi connectivity index (χ3n) is 4.46. The molecule has 1 heterocycles. The number of sulfonamides is 1. The SMILES string of the molecule is COc1ccc(C(=O)NCCc2c[nH]c3ccccc23)cc1S(=O)(=O)NC(C)C. The maximum atomic E-state index is 12.6. The summed E-state index contributed by atoms with van der Waals surface area (Å²) in [7, 11) is -2.40. The number of H-pyrrole nitrogens is 1. The Balaban J connectivity index is 1.73. The van der Waals surface area contributed by atoms with Gasteiger partial charge in [0.15, 0.2) is 0 Å². The van der Waals surface area contributed by atoms with Gasteiger partial charge in [-0.1, -0.05) is 18.2 Å². The van der Waals surface area contributed by atoms with E-state index in [1.165, 1.54) is 19.2 Å². The second-order valence-corrected chi connectivity index (χ2v) is 8.69. The predicted octanol–water partition coefficient (Wildman–Crippen LogP) is 2.84. The molecule has 0 fully saturated rings. The summed E-state index contributed by atoms with van der Waals surface area (Å²) in [6, 6.07) is 12.1. The fourth-order valence-corrected chi connectivity index (χ4v) is 4.60. The lowest BCUT2D eigenvalue weighted by molar-refractivity contribution is 0.0954. The predicted molar refractivity (Wildman–Crippen MR) is 113 cm³/mol. The number of amides is 1. The molecule has 1 amide bonds. The monoisotopic (exact) mass is 415 g/mol. The van der Waals surface area contributed by atoms with Crippen LogP contribution in [0.1, 0.15) is 29.8 Å². The van der Waals surface area contributed by atoms with E-state index in [9.17, 15) is 13.2 Å². The van der Waals surface area contributed by atoms with Crippen LogP contribution in [0.25, 0.3) is 10.9 Å². The first-order valence-electron chi connectivity index (χ1n) is 9.35. The van der Waals surface area contributed by atoms with Crippen LogP contribution in [0.2, 0.25) is 0 Å². The molecule has 0 saturated heterocycles. The summed E-state index contributed by atoms with van der Waals surface area (Å²) in [5.74, 6) is -0.151. The number of aromatic nitrogens is 1. The van der Waals surface area contributed by atoms with Crippen LogP contribution in [-0.2, 0) is 16.4 Å². The van der Waals surface area contributed by atoms with Crippen LogP contribution >= 0.6 is 0 Å². The molecule has 0 aliphatic heterocycles. The number of carbonyl (C=O) groups is 1. The number of nitrogens with one attached hydrogen (secondary N) is 3. The molecule has 0 bridgehead atoms. The number of rotatable bonds is 8. The standard InChI is InChI=1S/C21H25N3O4S/c1-14(2)24-29(26,27)20-12-15(8-9-19(20)28-3)21(25)22-11-10-16-13-23-18-7-5-4-6-17(16)18/h4-9,12-14,23-24H,10-11H2,1-3H3,(H,22,25). The van der Waals surface area contributed by atoms with Crippen molar-refractivity contribution in [2.75, 3.05) is 13.7 Å². The highest BCUT2D eigenvalue weighted by molar-refractivity contribution is 7.89. The van der Waals surface area contributed by atoms with Gasteiger partial charge in [-0.2, -0.15) is 0 Å². The Morgan fingerprint density at radius 2 is 1.93 bits per heavy atom. The van der Waals surface area contributed by atoms with Crippen molar-refractivity contribution in [1.29, 1.82) is 0 Å². The summed E-state index contributed by atoms with van der Waals surface area (Å²) in [5, 5.41) is 3.97. The Morgan fingerprint density at radius 1 is 1.17 bits per heavy atom. The second-order valence-electron chi connectivity index (χ2n) is 7.01. The molecule has 3 aromatic rings. The number of methoxy groups -OCH3 is 1.